The van der Waals surface area contributed by atoms with E-state index >= 15 is 0 Å². The number of rotatable bonds is 5. The van der Waals surface area contributed by atoms with Crippen LogP contribution >= 0.6 is 15.0 Å². The van der Waals surface area contributed by atoms with Crippen molar-refractivity contribution < 1.29 is 42.5 Å². The Morgan fingerprint density at radius 3 is 1.61 bits per heavy atom. The van der Waals surface area contributed by atoms with Crippen molar-refractivity contribution in [2.45, 2.75) is 50.5 Å². The van der Waals surface area contributed by atoms with Gasteiger partial charge in [0.1, 0.15) is 0 Å². The summed E-state index contributed by atoms with van der Waals surface area (Å²) < 4.78 is 34.1. The largest absolute Gasteiger partial charge is 1.00 e. The van der Waals surface area contributed by atoms with E-state index in [0.29, 0.717) is 26.2 Å². The molecule has 23 heavy (non-hydrogen) atoms. The number of aliphatic hydroxyl groups is 1. The Kier molecular flexibility index (Phi) is 8.09. The molecule has 2 unspecified atom stereocenters. The number of hydrogen-bond donors (Lipinski definition) is 1. The van der Waals surface area contributed by atoms with Gasteiger partial charge in [-0.1, -0.05) is 12.8 Å². The van der Waals surface area contributed by atoms with Crippen molar-refractivity contribution in [1.82, 2.24) is 9.34 Å². The molecule has 130 valence electrons. The molecule has 0 aromatic carbocycles. The van der Waals surface area contributed by atoms with Crippen molar-refractivity contribution in [2.24, 2.45) is 0 Å². The van der Waals surface area contributed by atoms with E-state index < -0.39 is 20.1 Å². The van der Waals surface area contributed by atoms with Crippen LogP contribution in [0.2, 0.25) is 0 Å². The normalized spacial score (nSPS) is 26.8. The van der Waals surface area contributed by atoms with Gasteiger partial charge in [-0.25, -0.2) is 9.34 Å². The number of piperidine rings is 2. The van der Waals surface area contributed by atoms with Gasteiger partial charge in [-0.15, -0.1) is 0 Å². The standard InChI is InChI=1S/C13H28N2O5P2.Li/c1-13(16,22(18,19)20-2)21(17,14-9-5-3-6-10-14)15-11-7-4-8-12-15;/h16H,3-12H2,1-2H3,(H,18,19);/q;+1/p-1. The Hall–Kier alpha value is 0.857. The van der Waals surface area contributed by atoms with Gasteiger partial charge in [0.25, 0.3) is 7.44 Å². The van der Waals surface area contributed by atoms with Gasteiger partial charge in [-0.05, 0) is 32.6 Å². The van der Waals surface area contributed by atoms with Gasteiger partial charge >= 0.3 is 18.9 Å². The van der Waals surface area contributed by atoms with Crippen LogP contribution in [-0.4, -0.2) is 52.8 Å². The summed E-state index contributed by atoms with van der Waals surface area (Å²) in [5, 5.41) is 8.42. The molecule has 2 fully saturated rings. The van der Waals surface area contributed by atoms with Crippen LogP contribution in [0.15, 0.2) is 0 Å². The van der Waals surface area contributed by atoms with Gasteiger partial charge < -0.3 is 19.1 Å². The van der Waals surface area contributed by atoms with Gasteiger partial charge in [0.2, 0.25) is 5.08 Å². The topological polar surface area (TPSA) is 93.1 Å². The summed E-state index contributed by atoms with van der Waals surface area (Å²) in [5.41, 5.74) is 0. The zero-order chi connectivity index (χ0) is 16.4. The van der Waals surface area contributed by atoms with Crippen molar-refractivity contribution in [3.8, 4) is 0 Å². The minimum atomic E-state index is -4.67. The minimum absolute atomic E-state index is 0. The molecule has 2 heterocycles. The van der Waals surface area contributed by atoms with Crippen molar-refractivity contribution in [3.05, 3.63) is 0 Å². The monoisotopic (exact) mass is 360 g/mol. The fraction of sp³-hybridized carbons (Fsp3) is 1.00. The van der Waals surface area contributed by atoms with Crippen molar-refractivity contribution in [2.75, 3.05) is 33.3 Å². The second-order valence-electron chi connectivity index (χ2n) is 6.22. The molecule has 0 bridgehead atoms. The first-order valence-electron chi connectivity index (χ1n) is 7.97. The molecule has 0 amide bonds. The Morgan fingerprint density at radius 2 is 1.30 bits per heavy atom. The van der Waals surface area contributed by atoms with E-state index in [2.05, 4.69) is 4.52 Å². The van der Waals surface area contributed by atoms with Gasteiger partial charge in [0, 0.05) is 33.3 Å². The van der Waals surface area contributed by atoms with E-state index in [1.54, 1.807) is 9.34 Å². The van der Waals surface area contributed by atoms with Gasteiger partial charge in [0.05, 0.1) is 0 Å². The molecular weight excluding hydrogens is 333 g/mol. The van der Waals surface area contributed by atoms with Crippen molar-refractivity contribution in [1.29, 1.82) is 0 Å². The second-order valence-corrected chi connectivity index (χ2v) is 11.9. The maximum Gasteiger partial charge on any atom is 1.00 e. The molecule has 2 aliphatic heterocycles. The van der Waals surface area contributed by atoms with E-state index in [-0.39, 0.29) is 18.9 Å². The summed E-state index contributed by atoms with van der Waals surface area (Å²) in [5.74, 6) is 0. The SMILES string of the molecule is COP(=O)([O-])C(C)(O)P(=O)(N1CCCCC1)N1CCCCC1.[Li+]. The first kappa shape index (κ1) is 21.9. The molecule has 0 spiro atoms. The summed E-state index contributed by atoms with van der Waals surface area (Å²) in [4.78, 5) is 12.3. The maximum atomic E-state index is 13.9. The Morgan fingerprint density at radius 1 is 0.957 bits per heavy atom. The number of hydrogen-bond acceptors (Lipinski definition) is 5. The Balaban J connectivity index is 0.00000264. The average molecular weight is 360 g/mol. The molecule has 0 aromatic heterocycles. The fourth-order valence-corrected chi connectivity index (χ4v) is 9.05. The summed E-state index contributed by atoms with van der Waals surface area (Å²) in [6.07, 6.45) is 5.54. The zero-order valence-corrected chi connectivity index (χ0v) is 16.2. The van der Waals surface area contributed by atoms with Crippen LogP contribution < -0.4 is 23.8 Å². The molecule has 2 rings (SSSR count). The van der Waals surface area contributed by atoms with Crippen LogP contribution in [0.25, 0.3) is 0 Å². The van der Waals surface area contributed by atoms with Crippen LogP contribution in [-0.2, 0) is 13.7 Å². The molecule has 1 N–H and O–H groups in total. The molecule has 0 aliphatic carbocycles. The van der Waals surface area contributed by atoms with E-state index in [4.69, 9.17) is 0 Å². The van der Waals surface area contributed by atoms with Crippen molar-refractivity contribution in [3.63, 3.8) is 0 Å². The predicted octanol–water partition coefficient (Wildman–Crippen LogP) is -0.979. The first-order chi connectivity index (χ1) is 10.3. The van der Waals surface area contributed by atoms with Crippen LogP contribution in [0.4, 0.5) is 0 Å². The molecule has 0 radical (unpaired) electrons. The Labute approximate surface area is 150 Å². The summed E-state index contributed by atoms with van der Waals surface area (Å²) >= 11 is 0. The van der Waals surface area contributed by atoms with E-state index in [1.807, 2.05) is 0 Å². The van der Waals surface area contributed by atoms with E-state index in [9.17, 15) is 19.1 Å². The van der Waals surface area contributed by atoms with Crippen LogP contribution in [0.5, 0.6) is 0 Å². The summed E-state index contributed by atoms with van der Waals surface area (Å²) in [6.45, 7) is 3.33. The smallest absolute Gasteiger partial charge is 0.776 e. The molecule has 7 nitrogen and oxygen atoms in total. The third-order valence-corrected chi connectivity index (χ3v) is 11.2. The number of nitrogens with zero attached hydrogens (tertiary/aromatic N) is 2. The third-order valence-electron chi connectivity index (χ3n) is 4.74. The predicted molar refractivity (Wildman–Crippen MR) is 83.7 cm³/mol. The molecule has 2 atom stereocenters. The summed E-state index contributed by atoms with van der Waals surface area (Å²) in [6, 6.07) is 0. The van der Waals surface area contributed by atoms with Crippen LogP contribution in [0.1, 0.15) is 45.4 Å². The van der Waals surface area contributed by atoms with Gasteiger partial charge in [-0.2, -0.15) is 0 Å². The quantitative estimate of drug-likeness (QED) is 0.498. The van der Waals surface area contributed by atoms with Gasteiger partial charge in [-0.3, -0.25) is 4.57 Å². The average Bonchev–Trinajstić information content (AvgIpc) is 2.55. The molecule has 0 aromatic rings. The second kappa shape index (κ2) is 8.49. The Bertz CT molecular complexity index is 457. The molecule has 2 saturated heterocycles. The molecule has 10 heteroatoms. The van der Waals surface area contributed by atoms with E-state index in [1.165, 1.54) is 0 Å². The van der Waals surface area contributed by atoms with Crippen molar-refractivity contribution >= 4 is 15.0 Å². The maximum absolute atomic E-state index is 13.9. The summed E-state index contributed by atoms with van der Waals surface area (Å²) in [7, 11) is -7.35. The molecule has 2 aliphatic rings. The van der Waals surface area contributed by atoms with Crippen LogP contribution in [0, 0.1) is 0 Å². The fourth-order valence-electron chi connectivity index (χ4n) is 3.34. The van der Waals surface area contributed by atoms with E-state index in [0.717, 1.165) is 52.6 Å². The zero-order valence-electron chi connectivity index (χ0n) is 14.4. The van der Waals surface area contributed by atoms with Gasteiger partial charge in [0.15, 0.2) is 7.60 Å². The first-order valence-corrected chi connectivity index (χ1v) is 11.1. The third kappa shape index (κ3) is 4.00. The van der Waals surface area contributed by atoms with Crippen LogP contribution in [0.3, 0.4) is 0 Å². The molecular formula is C13H27LiN2O5P2. The minimum Gasteiger partial charge on any atom is -0.776 e. The molecule has 0 saturated carbocycles.